The van der Waals surface area contributed by atoms with Crippen LogP contribution < -0.4 is 9.64 Å². The Morgan fingerprint density at radius 2 is 1.96 bits per heavy atom. The van der Waals surface area contributed by atoms with Crippen molar-refractivity contribution in [3.8, 4) is 5.75 Å². The first kappa shape index (κ1) is 17.9. The highest BCUT2D eigenvalue weighted by molar-refractivity contribution is 8.18. The molecule has 5 nitrogen and oxygen atoms in total. The molecule has 0 aliphatic carbocycles. The Balaban J connectivity index is 1.61. The van der Waals surface area contributed by atoms with Gasteiger partial charge in [0, 0.05) is 19.1 Å². The highest BCUT2D eigenvalue weighted by atomic mass is 35.5. The van der Waals surface area contributed by atoms with Crippen LogP contribution in [-0.4, -0.2) is 43.2 Å². The van der Waals surface area contributed by atoms with E-state index in [-0.39, 0.29) is 5.91 Å². The second kappa shape index (κ2) is 7.29. The number of rotatable bonds is 2. The van der Waals surface area contributed by atoms with Crippen molar-refractivity contribution in [1.82, 2.24) is 4.90 Å². The lowest BCUT2D eigenvalue weighted by Crippen LogP contribution is -2.28. The van der Waals surface area contributed by atoms with Gasteiger partial charge in [0.05, 0.1) is 22.8 Å². The van der Waals surface area contributed by atoms with E-state index in [2.05, 4.69) is 9.89 Å². The molecular formula is C20H18ClN3O2S. The molecule has 0 radical (unpaired) electrons. The number of nitrogens with zero attached hydrogens (tertiary/aromatic N) is 3. The molecule has 2 aliphatic heterocycles. The molecule has 0 atom stereocenters. The number of benzene rings is 2. The van der Waals surface area contributed by atoms with Crippen LogP contribution in [0.25, 0.3) is 6.08 Å². The molecule has 2 aromatic carbocycles. The lowest BCUT2D eigenvalue weighted by atomic mass is 10.1. The maximum absolute atomic E-state index is 12.6. The van der Waals surface area contributed by atoms with Crippen molar-refractivity contribution in [1.29, 1.82) is 0 Å². The van der Waals surface area contributed by atoms with E-state index in [1.54, 1.807) is 24.1 Å². The minimum atomic E-state index is -0.0662. The quantitative estimate of drug-likeness (QED) is 0.702. The van der Waals surface area contributed by atoms with Gasteiger partial charge >= 0.3 is 0 Å². The van der Waals surface area contributed by atoms with Crippen molar-refractivity contribution in [2.24, 2.45) is 4.99 Å². The Kier molecular flexibility index (Phi) is 4.85. The summed E-state index contributed by atoms with van der Waals surface area (Å²) in [5.74, 6) is 0.778. The summed E-state index contributed by atoms with van der Waals surface area (Å²) < 4.78 is 5.75. The first-order valence-electron chi connectivity index (χ1n) is 8.51. The molecule has 1 amide bonds. The molecule has 2 heterocycles. The largest absolute Gasteiger partial charge is 0.490 e. The summed E-state index contributed by atoms with van der Waals surface area (Å²) in [6, 6.07) is 13.2. The molecule has 7 heteroatoms. The van der Waals surface area contributed by atoms with Gasteiger partial charge in [0.25, 0.3) is 5.91 Å². The SMILES string of the molecule is CN1C(=O)/C(=C/c2ccc3c(c2)OCCN3C)SC1=Nc1ccc(Cl)cc1. The van der Waals surface area contributed by atoms with Crippen molar-refractivity contribution in [3.05, 3.63) is 58.0 Å². The third kappa shape index (κ3) is 3.68. The van der Waals surface area contributed by atoms with E-state index in [1.807, 2.05) is 43.5 Å². The van der Waals surface area contributed by atoms with Crippen molar-refractivity contribution in [2.75, 3.05) is 32.1 Å². The maximum Gasteiger partial charge on any atom is 0.266 e. The monoisotopic (exact) mass is 399 g/mol. The van der Waals surface area contributed by atoms with Crippen LogP contribution in [0.1, 0.15) is 5.56 Å². The lowest BCUT2D eigenvalue weighted by molar-refractivity contribution is -0.121. The number of likely N-dealkylation sites (N-methyl/N-ethyl adjacent to an activating group) is 2. The number of amides is 1. The fourth-order valence-corrected chi connectivity index (χ4v) is 4.01. The number of carbonyl (C=O) groups excluding carboxylic acids is 1. The second-order valence-electron chi connectivity index (χ2n) is 6.34. The van der Waals surface area contributed by atoms with Gasteiger partial charge in [-0.15, -0.1) is 0 Å². The maximum atomic E-state index is 12.6. The minimum absolute atomic E-state index is 0.0662. The van der Waals surface area contributed by atoms with Gasteiger partial charge in [0.1, 0.15) is 12.4 Å². The average molecular weight is 400 g/mol. The number of hydrogen-bond acceptors (Lipinski definition) is 5. The van der Waals surface area contributed by atoms with Crippen molar-refractivity contribution >= 4 is 51.9 Å². The number of fused-ring (bicyclic) bond motifs is 1. The normalized spacial score (nSPS) is 19.6. The van der Waals surface area contributed by atoms with Crippen molar-refractivity contribution < 1.29 is 9.53 Å². The van der Waals surface area contributed by atoms with Crippen molar-refractivity contribution in [3.63, 3.8) is 0 Å². The van der Waals surface area contributed by atoms with Crippen LogP contribution in [0.3, 0.4) is 0 Å². The van der Waals surface area contributed by atoms with E-state index in [0.717, 1.165) is 29.2 Å². The Bertz CT molecular complexity index is 956. The summed E-state index contributed by atoms with van der Waals surface area (Å²) in [6.07, 6.45) is 1.88. The zero-order valence-corrected chi connectivity index (χ0v) is 16.5. The van der Waals surface area contributed by atoms with Crippen LogP contribution in [0.4, 0.5) is 11.4 Å². The summed E-state index contributed by atoms with van der Waals surface area (Å²) in [5, 5.41) is 1.30. The number of ether oxygens (including phenoxy) is 1. The molecule has 0 unspecified atom stereocenters. The number of thioether (sulfide) groups is 1. The first-order chi connectivity index (χ1) is 13.0. The first-order valence-corrected chi connectivity index (χ1v) is 9.70. The topological polar surface area (TPSA) is 45.1 Å². The highest BCUT2D eigenvalue weighted by Gasteiger charge is 2.30. The number of amidine groups is 1. The van der Waals surface area contributed by atoms with Gasteiger partial charge < -0.3 is 9.64 Å². The van der Waals surface area contributed by atoms with Crippen molar-refractivity contribution in [2.45, 2.75) is 0 Å². The summed E-state index contributed by atoms with van der Waals surface area (Å²) >= 11 is 7.27. The summed E-state index contributed by atoms with van der Waals surface area (Å²) in [5.41, 5.74) is 2.75. The fourth-order valence-electron chi connectivity index (χ4n) is 2.89. The van der Waals surface area contributed by atoms with Gasteiger partial charge in [-0.25, -0.2) is 4.99 Å². The van der Waals surface area contributed by atoms with Crippen LogP contribution in [-0.2, 0) is 4.79 Å². The number of hydrogen-bond donors (Lipinski definition) is 0. The van der Waals surface area contributed by atoms with E-state index in [1.165, 1.54) is 11.8 Å². The Labute approximate surface area is 167 Å². The molecule has 0 bridgehead atoms. The summed E-state index contributed by atoms with van der Waals surface area (Å²) in [6.45, 7) is 1.54. The molecule has 2 aromatic rings. The fraction of sp³-hybridized carbons (Fsp3) is 0.200. The van der Waals surface area contributed by atoms with Gasteiger partial charge in [-0.3, -0.25) is 9.69 Å². The molecule has 138 valence electrons. The Hall–Kier alpha value is -2.44. The summed E-state index contributed by atoms with van der Waals surface area (Å²) in [7, 11) is 3.78. The van der Waals surface area contributed by atoms with Crippen LogP contribution in [0.2, 0.25) is 5.02 Å². The predicted octanol–water partition coefficient (Wildman–Crippen LogP) is 4.40. The highest BCUT2D eigenvalue weighted by Crippen LogP contribution is 2.36. The van der Waals surface area contributed by atoms with Gasteiger partial charge in [-0.2, -0.15) is 0 Å². The number of halogens is 1. The molecule has 4 rings (SSSR count). The van der Waals surface area contributed by atoms with E-state index >= 15 is 0 Å². The van der Waals surface area contributed by atoms with E-state index in [0.29, 0.717) is 21.7 Å². The average Bonchev–Trinajstić information content (AvgIpc) is 2.92. The van der Waals surface area contributed by atoms with Crippen LogP contribution in [0.5, 0.6) is 5.75 Å². The third-order valence-corrected chi connectivity index (χ3v) is 5.74. The predicted molar refractivity (Wildman–Crippen MR) is 112 cm³/mol. The van der Waals surface area contributed by atoms with Gasteiger partial charge in [-0.1, -0.05) is 17.7 Å². The number of carbonyl (C=O) groups is 1. The molecular weight excluding hydrogens is 382 g/mol. The molecule has 0 aromatic heterocycles. The zero-order valence-electron chi connectivity index (χ0n) is 15.0. The van der Waals surface area contributed by atoms with Crippen LogP contribution >= 0.6 is 23.4 Å². The molecule has 2 aliphatic rings. The number of aliphatic imine (C=N–C) groups is 1. The van der Waals surface area contributed by atoms with Crippen LogP contribution in [0.15, 0.2) is 52.4 Å². The summed E-state index contributed by atoms with van der Waals surface area (Å²) in [4.78, 5) is 21.5. The van der Waals surface area contributed by atoms with E-state index < -0.39 is 0 Å². The Morgan fingerprint density at radius 3 is 2.74 bits per heavy atom. The van der Waals surface area contributed by atoms with Gasteiger partial charge in [-0.05, 0) is 59.8 Å². The van der Waals surface area contributed by atoms with E-state index in [9.17, 15) is 4.79 Å². The minimum Gasteiger partial charge on any atom is -0.490 e. The molecule has 1 fully saturated rings. The Morgan fingerprint density at radius 1 is 1.19 bits per heavy atom. The van der Waals surface area contributed by atoms with Crippen LogP contribution in [0, 0.1) is 0 Å². The zero-order chi connectivity index (χ0) is 19.0. The molecule has 27 heavy (non-hydrogen) atoms. The smallest absolute Gasteiger partial charge is 0.266 e. The molecule has 1 saturated heterocycles. The number of anilines is 1. The molecule has 0 spiro atoms. The van der Waals surface area contributed by atoms with Gasteiger partial charge in [0.2, 0.25) is 0 Å². The lowest BCUT2D eigenvalue weighted by Gasteiger charge is -2.27. The molecule has 0 saturated carbocycles. The second-order valence-corrected chi connectivity index (χ2v) is 7.79. The molecule has 0 N–H and O–H groups in total. The third-order valence-electron chi connectivity index (χ3n) is 4.43. The standard InChI is InChI=1S/C20H18ClN3O2S/c1-23-9-10-26-17-11-13(3-8-16(17)23)12-18-19(25)24(2)20(27-18)22-15-6-4-14(21)5-7-15/h3-8,11-12H,9-10H2,1-2H3/b18-12-,22-20?. The van der Waals surface area contributed by atoms with Gasteiger partial charge in [0.15, 0.2) is 5.17 Å². The van der Waals surface area contributed by atoms with E-state index in [4.69, 9.17) is 16.3 Å².